The molecule has 6 nitrogen and oxygen atoms in total. The summed E-state index contributed by atoms with van der Waals surface area (Å²) in [5.74, 6) is 0.175. The zero-order valence-electron chi connectivity index (χ0n) is 9.36. The topological polar surface area (TPSA) is 83.6 Å². The number of nitrogens with one attached hydrogen (secondary N) is 2. The van der Waals surface area contributed by atoms with E-state index in [4.69, 9.17) is 11.6 Å². The van der Waals surface area contributed by atoms with Gasteiger partial charge in [-0.1, -0.05) is 11.6 Å². The Labute approximate surface area is 107 Å². The number of rotatable bonds is 1. The summed E-state index contributed by atoms with van der Waals surface area (Å²) >= 11 is 6.00. The van der Waals surface area contributed by atoms with Crippen LogP contribution in [0.5, 0.6) is 0 Å². The molecule has 90 valence electrons. The van der Waals surface area contributed by atoms with Gasteiger partial charge in [-0.3, -0.25) is 4.79 Å². The van der Waals surface area contributed by atoms with Crippen molar-refractivity contribution in [2.75, 3.05) is 5.32 Å². The fraction of sp³-hybridized carbons (Fsp3) is 0.0909. The third-order valence-corrected chi connectivity index (χ3v) is 2.98. The molecule has 2 aromatic rings. The Bertz CT molecular complexity index is 676. The fourth-order valence-corrected chi connectivity index (χ4v) is 2.01. The summed E-state index contributed by atoms with van der Waals surface area (Å²) in [4.78, 5) is 26.8. The van der Waals surface area contributed by atoms with Gasteiger partial charge in [-0.25, -0.2) is 15.0 Å². The Kier molecular flexibility index (Phi) is 2.38. The average molecular weight is 262 g/mol. The van der Waals surface area contributed by atoms with Gasteiger partial charge >= 0.3 is 0 Å². The first-order valence-corrected chi connectivity index (χ1v) is 5.58. The van der Waals surface area contributed by atoms with Crippen molar-refractivity contribution in [2.24, 2.45) is 0 Å². The maximum absolute atomic E-state index is 11.9. The van der Waals surface area contributed by atoms with Gasteiger partial charge in [-0.15, -0.1) is 0 Å². The summed E-state index contributed by atoms with van der Waals surface area (Å²) in [6, 6.07) is 0. The number of anilines is 1. The van der Waals surface area contributed by atoms with Crippen molar-refractivity contribution in [2.45, 2.75) is 6.92 Å². The molecule has 0 spiro atoms. The number of hydrogen-bond acceptors (Lipinski definition) is 4. The lowest BCUT2D eigenvalue weighted by Gasteiger charge is -1.98. The molecule has 0 saturated carbocycles. The van der Waals surface area contributed by atoms with Crippen LogP contribution < -0.4 is 5.32 Å². The highest BCUT2D eigenvalue weighted by molar-refractivity contribution is 6.40. The second kappa shape index (κ2) is 3.92. The molecule has 1 aliphatic rings. The van der Waals surface area contributed by atoms with E-state index < -0.39 is 0 Å². The zero-order chi connectivity index (χ0) is 12.7. The minimum absolute atomic E-state index is 0.248. The highest BCUT2D eigenvalue weighted by Crippen LogP contribution is 2.35. The van der Waals surface area contributed by atoms with E-state index in [9.17, 15) is 4.79 Å². The SMILES string of the molecule is Cc1[nH]cnc1/C=C1\C(=O)Nc2ncnc(Cl)c21. The molecule has 0 aliphatic carbocycles. The molecule has 7 heteroatoms. The first-order chi connectivity index (χ1) is 8.66. The zero-order valence-corrected chi connectivity index (χ0v) is 10.1. The third-order valence-electron chi connectivity index (χ3n) is 2.70. The first-order valence-electron chi connectivity index (χ1n) is 5.20. The third kappa shape index (κ3) is 1.58. The summed E-state index contributed by atoms with van der Waals surface area (Å²) in [6.07, 6.45) is 4.55. The lowest BCUT2D eigenvalue weighted by molar-refractivity contribution is -0.110. The van der Waals surface area contributed by atoms with Crippen LogP contribution in [-0.2, 0) is 4.79 Å². The van der Waals surface area contributed by atoms with Gasteiger partial charge < -0.3 is 10.3 Å². The maximum atomic E-state index is 11.9. The Hall–Kier alpha value is -2.21. The minimum atomic E-state index is -0.255. The summed E-state index contributed by atoms with van der Waals surface area (Å²) in [7, 11) is 0. The molecule has 18 heavy (non-hydrogen) atoms. The van der Waals surface area contributed by atoms with Gasteiger partial charge in [0.1, 0.15) is 17.3 Å². The Morgan fingerprint density at radius 2 is 2.17 bits per heavy atom. The molecule has 0 atom stereocenters. The van der Waals surface area contributed by atoms with E-state index in [2.05, 4.69) is 25.3 Å². The molecular formula is C11H8ClN5O. The van der Waals surface area contributed by atoms with Gasteiger partial charge in [-0.2, -0.15) is 0 Å². The van der Waals surface area contributed by atoms with Crippen LogP contribution in [0.3, 0.4) is 0 Å². The van der Waals surface area contributed by atoms with Gasteiger partial charge in [0.15, 0.2) is 0 Å². The van der Waals surface area contributed by atoms with E-state index in [1.54, 1.807) is 12.4 Å². The number of carbonyl (C=O) groups is 1. The normalized spacial score (nSPS) is 15.9. The Morgan fingerprint density at radius 3 is 2.89 bits per heavy atom. The Balaban J connectivity index is 2.18. The summed E-state index contributed by atoms with van der Waals surface area (Å²) in [6.45, 7) is 1.87. The first kappa shape index (κ1) is 10.9. The van der Waals surface area contributed by atoms with E-state index in [1.807, 2.05) is 6.92 Å². The van der Waals surface area contributed by atoms with Crippen molar-refractivity contribution in [3.63, 3.8) is 0 Å². The van der Waals surface area contributed by atoms with Gasteiger partial charge in [0, 0.05) is 5.69 Å². The lowest BCUT2D eigenvalue weighted by Crippen LogP contribution is -2.04. The number of aromatic amines is 1. The standard InChI is InChI=1S/C11H8ClN5O/c1-5-7(14-3-13-5)2-6-8-9(12)15-4-16-10(8)17-11(6)18/h2-4H,1H3,(H,13,14)(H,15,16,17,18)/b6-2-. The predicted octanol–water partition coefficient (Wildman–Crippen LogP) is 1.65. The number of nitrogens with zero attached hydrogens (tertiary/aromatic N) is 3. The number of H-pyrrole nitrogens is 1. The monoisotopic (exact) mass is 261 g/mol. The summed E-state index contributed by atoms with van der Waals surface area (Å²) < 4.78 is 0. The molecule has 2 N–H and O–H groups in total. The largest absolute Gasteiger partial charge is 0.348 e. The quantitative estimate of drug-likeness (QED) is 0.604. The van der Waals surface area contributed by atoms with Gasteiger partial charge in [0.05, 0.1) is 23.2 Å². The van der Waals surface area contributed by atoms with Crippen molar-refractivity contribution in [3.05, 3.63) is 34.8 Å². The smallest absolute Gasteiger partial charge is 0.257 e. The van der Waals surface area contributed by atoms with Gasteiger partial charge in [0.2, 0.25) is 0 Å². The minimum Gasteiger partial charge on any atom is -0.348 e. The van der Waals surface area contributed by atoms with Crippen LogP contribution >= 0.6 is 11.6 Å². The molecule has 1 aliphatic heterocycles. The summed E-state index contributed by atoms with van der Waals surface area (Å²) in [5.41, 5.74) is 2.50. The van der Waals surface area contributed by atoms with Crippen LogP contribution in [0.2, 0.25) is 5.15 Å². The van der Waals surface area contributed by atoms with Crippen LogP contribution in [0, 0.1) is 6.92 Å². The van der Waals surface area contributed by atoms with E-state index >= 15 is 0 Å². The molecule has 0 bridgehead atoms. The predicted molar refractivity (Wildman–Crippen MR) is 66.9 cm³/mol. The van der Waals surface area contributed by atoms with Crippen LogP contribution in [0.15, 0.2) is 12.7 Å². The van der Waals surface area contributed by atoms with Crippen molar-refractivity contribution < 1.29 is 4.79 Å². The molecule has 0 unspecified atom stereocenters. The number of carbonyl (C=O) groups excluding carboxylic acids is 1. The molecule has 1 amide bonds. The number of aryl methyl sites for hydroxylation is 1. The number of amides is 1. The molecular weight excluding hydrogens is 254 g/mol. The molecule has 0 fully saturated rings. The van der Waals surface area contributed by atoms with Gasteiger partial charge in [-0.05, 0) is 13.0 Å². The number of fused-ring (bicyclic) bond motifs is 1. The lowest BCUT2D eigenvalue weighted by atomic mass is 10.1. The Morgan fingerprint density at radius 1 is 1.33 bits per heavy atom. The number of halogens is 1. The second-order valence-electron chi connectivity index (χ2n) is 3.81. The second-order valence-corrected chi connectivity index (χ2v) is 4.17. The van der Waals surface area contributed by atoms with Crippen molar-refractivity contribution >= 4 is 35.0 Å². The van der Waals surface area contributed by atoms with Crippen LogP contribution in [0.1, 0.15) is 17.0 Å². The van der Waals surface area contributed by atoms with E-state index in [0.717, 1.165) is 5.69 Å². The average Bonchev–Trinajstić information content (AvgIpc) is 2.86. The van der Waals surface area contributed by atoms with Crippen LogP contribution in [0.25, 0.3) is 11.6 Å². The van der Waals surface area contributed by atoms with Crippen LogP contribution in [0.4, 0.5) is 5.82 Å². The number of aromatic nitrogens is 4. The van der Waals surface area contributed by atoms with Crippen LogP contribution in [-0.4, -0.2) is 25.8 Å². The van der Waals surface area contributed by atoms with Crippen molar-refractivity contribution in [3.8, 4) is 0 Å². The van der Waals surface area contributed by atoms with Gasteiger partial charge in [0.25, 0.3) is 5.91 Å². The molecule has 3 heterocycles. The van der Waals surface area contributed by atoms with E-state index in [1.165, 1.54) is 6.33 Å². The van der Waals surface area contributed by atoms with Crippen molar-refractivity contribution in [1.82, 2.24) is 19.9 Å². The molecule has 0 saturated heterocycles. The fourth-order valence-electron chi connectivity index (χ4n) is 1.78. The number of imidazole rings is 1. The summed E-state index contributed by atoms with van der Waals surface area (Å²) in [5, 5.41) is 2.89. The van der Waals surface area contributed by atoms with E-state index in [-0.39, 0.29) is 11.1 Å². The highest BCUT2D eigenvalue weighted by Gasteiger charge is 2.28. The molecule has 0 aromatic carbocycles. The van der Waals surface area contributed by atoms with E-state index in [0.29, 0.717) is 22.6 Å². The molecule has 3 rings (SSSR count). The molecule has 0 radical (unpaired) electrons. The van der Waals surface area contributed by atoms with Crippen molar-refractivity contribution in [1.29, 1.82) is 0 Å². The molecule has 2 aromatic heterocycles. The maximum Gasteiger partial charge on any atom is 0.257 e. The number of hydrogen-bond donors (Lipinski definition) is 2. The highest BCUT2D eigenvalue weighted by atomic mass is 35.5.